The molecule has 1 aromatic carbocycles. The van der Waals surface area contributed by atoms with Gasteiger partial charge in [0.25, 0.3) is 0 Å². The second-order valence-electron chi connectivity index (χ2n) is 12.9. The number of H-pyrrole nitrogens is 1. The summed E-state index contributed by atoms with van der Waals surface area (Å²) >= 11 is 0. The number of unbranched alkanes of at least 4 members (excludes halogenated alkanes) is 3. The molecule has 2 aromatic heterocycles. The highest BCUT2D eigenvalue weighted by atomic mass is 16.5. The lowest BCUT2D eigenvalue weighted by Gasteiger charge is -2.32. The number of aromatic nitrogens is 4. The van der Waals surface area contributed by atoms with E-state index in [-0.39, 0.29) is 29.3 Å². The van der Waals surface area contributed by atoms with Gasteiger partial charge in [0.1, 0.15) is 11.6 Å². The van der Waals surface area contributed by atoms with E-state index in [9.17, 15) is 14.4 Å². The fourth-order valence-corrected chi connectivity index (χ4v) is 6.06. The Balaban J connectivity index is 1.22. The van der Waals surface area contributed by atoms with E-state index in [1.165, 1.54) is 5.56 Å². The van der Waals surface area contributed by atoms with E-state index in [0.717, 1.165) is 83.0 Å². The minimum absolute atomic E-state index is 0.0562. The zero-order chi connectivity index (χ0) is 34.3. The first kappa shape index (κ1) is 36.9. The number of fused-ring (bicyclic) bond motifs is 1. The third-order valence-electron chi connectivity index (χ3n) is 9.04. The number of nitrogens with zero attached hydrogens (tertiary/aromatic N) is 4. The van der Waals surface area contributed by atoms with Gasteiger partial charge in [0.15, 0.2) is 11.5 Å². The highest BCUT2D eigenvalue weighted by Gasteiger charge is 2.22. The number of benzene rings is 1. The average molecular weight is 666 g/mol. The molecule has 0 saturated carbocycles. The van der Waals surface area contributed by atoms with Crippen molar-refractivity contribution in [1.29, 1.82) is 0 Å². The topological polar surface area (TPSA) is 186 Å². The zero-order valence-corrected chi connectivity index (χ0v) is 28.8. The van der Waals surface area contributed by atoms with Gasteiger partial charge in [-0.05, 0) is 88.0 Å². The summed E-state index contributed by atoms with van der Waals surface area (Å²) in [5.41, 5.74) is 14.5. The van der Waals surface area contributed by atoms with Crippen LogP contribution in [0.4, 0.5) is 5.82 Å². The van der Waals surface area contributed by atoms with Crippen molar-refractivity contribution < 1.29 is 14.3 Å². The number of imidazole rings is 1. The van der Waals surface area contributed by atoms with Crippen molar-refractivity contribution in [3.63, 3.8) is 0 Å². The molecule has 4 rings (SSSR count). The van der Waals surface area contributed by atoms with Crippen molar-refractivity contribution in [2.24, 2.45) is 11.7 Å². The second-order valence-corrected chi connectivity index (χ2v) is 12.9. The van der Waals surface area contributed by atoms with Crippen LogP contribution >= 0.6 is 0 Å². The monoisotopic (exact) mass is 665 g/mol. The smallest absolute Gasteiger partial charge is 0.328 e. The number of aromatic amines is 1. The molecule has 1 saturated heterocycles. The van der Waals surface area contributed by atoms with Crippen LogP contribution in [0.15, 0.2) is 29.1 Å². The molecule has 1 fully saturated rings. The Hall–Kier alpha value is -3.97. The molecule has 3 heterocycles. The van der Waals surface area contributed by atoms with Gasteiger partial charge >= 0.3 is 11.7 Å². The third-order valence-corrected chi connectivity index (χ3v) is 9.04. The summed E-state index contributed by atoms with van der Waals surface area (Å²) in [7, 11) is 0. The van der Waals surface area contributed by atoms with Crippen LogP contribution in [0.2, 0.25) is 0 Å². The first-order valence-corrected chi connectivity index (χ1v) is 17.8. The van der Waals surface area contributed by atoms with E-state index in [1.54, 1.807) is 4.57 Å². The number of likely N-dealkylation sites (tertiary alicyclic amines) is 1. The standard InChI is InChI=1S/C35H55N9O4/c1-3-5-10-29(45)39-28(9-7-8-18-36)33(46)38-19-15-25-16-20-43(21-17-25)23-26-11-13-27(14-12-26)24-44-32-30(40-35(44)47)31(37)41-34(42-32)48-22-6-4-2/h11-14,25,28H,3-10,15-24,36H2,1-2H3,(H,38,46)(H,39,45)(H,40,47)(H2,37,41,42)/t28-/m0/s1. The summed E-state index contributed by atoms with van der Waals surface area (Å²) in [6.45, 7) is 9.04. The van der Waals surface area contributed by atoms with Gasteiger partial charge in [-0.1, -0.05) is 51.0 Å². The predicted molar refractivity (Wildman–Crippen MR) is 188 cm³/mol. The van der Waals surface area contributed by atoms with Gasteiger partial charge in [-0.15, -0.1) is 0 Å². The highest BCUT2D eigenvalue weighted by Crippen LogP contribution is 2.22. The molecule has 0 spiro atoms. The number of ether oxygens (including phenoxy) is 1. The van der Waals surface area contributed by atoms with E-state index in [0.29, 0.717) is 56.2 Å². The fraction of sp³-hybridized carbons (Fsp3) is 0.629. The number of nitrogen functional groups attached to an aromatic ring is 1. The molecule has 264 valence electrons. The number of carbonyl (C=O) groups excluding carboxylic acids is 2. The lowest BCUT2D eigenvalue weighted by atomic mass is 9.93. The highest BCUT2D eigenvalue weighted by molar-refractivity contribution is 5.87. The molecule has 13 nitrogen and oxygen atoms in total. The van der Waals surface area contributed by atoms with Crippen molar-refractivity contribution in [2.75, 3.05) is 38.5 Å². The molecule has 0 aliphatic carbocycles. The molecule has 13 heteroatoms. The Kier molecular flexibility index (Phi) is 14.7. The lowest BCUT2D eigenvalue weighted by molar-refractivity contribution is -0.129. The number of nitrogens with two attached hydrogens (primary N) is 2. The van der Waals surface area contributed by atoms with Crippen LogP contribution in [0.1, 0.15) is 95.6 Å². The normalized spacial score (nSPS) is 14.6. The van der Waals surface area contributed by atoms with Crippen LogP contribution in [0, 0.1) is 5.92 Å². The van der Waals surface area contributed by atoms with Crippen molar-refractivity contribution >= 4 is 28.8 Å². The molecule has 7 N–H and O–H groups in total. The van der Waals surface area contributed by atoms with E-state index < -0.39 is 6.04 Å². The summed E-state index contributed by atoms with van der Waals surface area (Å²) in [6, 6.07) is 8.02. The first-order valence-electron chi connectivity index (χ1n) is 17.8. The summed E-state index contributed by atoms with van der Waals surface area (Å²) in [5.74, 6) is 0.603. The molecule has 1 aliphatic rings. The van der Waals surface area contributed by atoms with E-state index in [1.807, 2.05) is 6.92 Å². The second kappa shape index (κ2) is 19.1. The van der Waals surface area contributed by atoms with Crippen molar-refractivity contribution in [2.45, 2.75) is 104 Å². The minimum atomic E-state index is -0.493. The maximum atomic E-state index is 12.9. The molecule has 48 heavy (non-hydrogen) atoms. The number of amides is 2. The van der Waals surface area contributed by atoms with Gasteiger partial charge in [-0.3, -0.25) is 19.1 Å². The largest absolute Gasteiger partial charge is 0.463 e. The van der Waals surface area contributed by atoms with Crippen LogP contribution in [-0.4, -0.2) is 75.1 Å². The van der Waals surface area contributed by atoms with Crippen LogP contribution in [-0.2, 0) is 22.7 Å². The Morgan fingerprint density at radius 3 is 2.42 bits per heavy atom. The molecular weight excluding hydrogens is 610 g/mol. The van der Waals surface area contributed by atoms with Crippen molar-refractivity contribution in [3.05, 3.63) is 45.9 Å². The quantitative estimate of drug-likeness (QED) is 0.113. The van der Waals surface area contributed by atoms with Crippen LogP contribution in [0.5, 0.6) is 6.01 Å². The Labute approximate surface area is 283 Å². The Bertz CT molecular complexity index is 1500. The molecule has 0 unspecified atom stereocenters. The molecular formula is C35H55N9O4. The van der Waals surface area contributed by atoms with Crippen LogP contribution < -0.4 is 32.5 Å². The average Bonchev–Trinajstić information content (AvgIpc) is 3.40. The Morgan fingerprint density at radius 2 is 1.73 bits per heavy atom. The molecule has 0 bridgehead atoms. The van der Waals surface area contributed by atoms with Crippen molar-refractivity contribution in [1.82, 2.24) is 35.1 Å². The van der Waals surface area contributed by atoms with E-state index in [2.05, 4.69) is 61.7 Å². The molecule has 1 aliphatic heterocycles. The number of nitrogens with one attached hydrogen (secondary N) is 3. The Morgan fingerprint density at radius 1 is 1.02 bits per heavy atom. The summed E-state index contributed by atoms with van der Waals surface area (Å²) in [5, 5.41) is 6.01. The zero-order valence-electron chi connectivity index (χ0n) is 28.8. The van der Waals surface area contributed by atoms with Gasteiger partial charge in [-0.2, -0.15) is 9.97 Å². The number of rotatable bonds is 20. The van der Waals surface area contributed by atoms with Gasteiger partial charge in [0, 0.05) is 19.5 Å². The minimum Gasteiger partial charge on any atom is -0.463 e. The summed E-state index contributed by atoms with van der Waals surface area (Å²) < 4.78 is 7.21. The maximum Gasteiger partial charge on any atom is 0.328 e. The van der Waals surface area contributed by atoms with Gasteiger partial charge in [-0.25, -0.2) is 4.79 Å². The molecule has 0 radical (unpaired) electrons. The molecule has 3 aromatic rings. The molecule has 1 atom stereocenters. The van der Waals surface area contributed by atoms with Crippen LogP contribution in [0.25, 0.3) is 11.2 Å². The number of hydrogen-bond acceptors (Lipinski definition) is 9. The van der Waals surface area contributed by atoms with Crippen LogP contribution in [0.3, 0.4) is 0 Å². The third kappa shape index (κ3) is 11.0. The van der Waals surface area contributed by atoms with E-state index >= 15 is 0 Å². The number of piperidine rings is 1. The van der Waals surface area contributed by atoms with Crippen molar-refractivity contribution in [3.8, 4) is 6.01 Å². The fourth-order valence-electron chi connectivity index (χ4n) is 6.06. The first-order chi connectivity index (χ1) is 23.3. The summed E-state index contributed by atoms with van der Waals surface area (Å²) in [6.07, 6.45) is 9.46. The number of hydrogen-bond donors (Lipinski definition) is 5. The van der Waals surface area contributed by atoms with Gasteiger partial charge < -0.3 is 31.8 Å². The predicted octanol–water partition coefficient (Wildman–Crippen LogP) is 3.45. The summed E-state index contributed by atoms with van der Waals surface area (Å²) in [4.78, 5) is 51.8. The number of carbonyl (C=O) groups is 2. The van der Waals surface area contributed by atoms with E-state index in [4.69, 9.17) is 16.2 Å². The van der Waals surface area contributed by atoms with Gasteiger partial charge in [0.2, 0.25) is 11.8 Å². The number of anilines is 1. The SMILES string of the molecule is CCCCOc1nc(N)c2[nH]c(=O)n(Cc3ccc(CN4CCC(CCNC(=O)[C@H](CCCCN)NC(=O)CCCC)CC4)cc3)c2n1. The maximum absolute atomic E-state index is 12.9. The molecule has 2 amide bonds. The van der Waals surface area contributed by atoms with Gasteiger partial charge in [0.05, 0.1) is 13.2 Å². The lowest BCUT2D eigenvalue weighted by Crippen LogP contribution is -2.47.